The highest BCUT2D eigenvalue weighted by Crippen LogP contribution is 2.23. The van der Waals surface area contributed by atoms with E-state index in [2.05, 4.69) is 20.6 Å². The number of nitriles is 2. The van der Waals surface area contributed by atoms with Crippen LogP contribution in [0.5, 0.6) is 0 Å². The molecule has 0 atom stereocenters. The second-order valence-corrected chi connectivity index (χ2v) is 4.34. The van der Waals surface area contributed by atoms with E-state index in [-0.39, 0.29) is 0 Å². The molecule has 0 aliphatic rings. The van der Waals surface area contributed by atoms with Crippen LogP contribution in [0.4, 0.5) is 17.3 Å². The van der Waals surface area contributed by atoms with Gasteiger partial charge in [0.05, 0.1) is 11.1 Å². The minimum atomic E-state index is 0.334. The Balaban J connectivity index is 2.33. The first kappa shape index (κ1) is 14.3. The van der Waals surface area contributed by atoms with E-state index >= 15 is 0 Å². The molecule has 0 fully saturated rings. The van der Waals surface area contributed by atoms with Crippen LogP contribution < -0.4 is 10.6 Å². The summed E-state index contributed by atoms with van der Waals surface area (Å²) in [4.78, 5) is 8.38. The maximum Gasteiger partial charge on any atom is 0.138 e. The highest BCUT2D eigenvalue weighted by atomic mass is 15.1. The number of benzene rings is 1. The predicted octanol–water partition coefficient (Wildman–Crippen LogP) is 2.70. The third kappa shape index (κ3) is 3.07. The van der Waals surface area contributed by atoms with Crippen LogP contribution in [0.15, 0.2) is 24.5 Å². The molecule has 6 nitrogen and oxygen atoms in total. The largest absolute Gasteiger partial charge is 0.370 e. The number of nitrogens with zero attached hydrogens (tertiary/aromatic N) is 4. The number of hydrogen-bond acceptors (Lipinski definition) is 6. The Hall–Kier alpha value is -3.12. The van der Waals surface area contributed by atoms with Gasteiger partial charge in [-0.15, -0.1) is 0 Å². The summed E-state index contributed by atoms with van der Waals surface area (Å²) in [5.74, 6) is 1.43. The van der Waals surface area contributed by atoms with Crippen molar-refractivity contribution >= 4 is 17.3 Å². The summed E-state index contributed by atoms with van der Waals surface area (Å²) in [6.45, 7) is 4.68. The van der Waals surface area contributed by atoms with E-state index in [1.54, 1.807) is 18.2 Å². The third-order valence-electron chi connectivity index (χ3n) is 2.95. The quantitative estimate of drug-likeness (QED) is 0.892. The summed E-state index contributed by atoms with van der Waals surface area (Å²) in [5.41, 5.74) is 2.29. The Kier molecular flexibility index (Phi) is 4.33. The van der Waals surface area contributed by atoms with Crippen LogP contribution in [0.3, 0.4) is 0 Å². The van der Waals surface area contributed by atoms with Gasteiger partial charge in [0.2, 0.25) is 0 Å². The van der Waals surface area contributed by atoms with E-state index in [0.717, 1.165) is 17.9 Å². The van der Waals surface area contributed by atoms with Crippen LogP contribution >= 0.6 is 0 Å². The number of hydrogen-bond donors (Lipinski definition) is 2. The lowest BCUT2D eigenvalue weighted by atomic mass is 10.1. The van der Waals surface area contributed by atoms with Crippen molar-refractivity contribution in [2.75, 3.05) is 17.2 Å². The monoisotopic (exact) mass is 278 g/mol. The molecule has 104 valence electrons. The van der Waals surface area contributed by atoms with Crippen LogP contribution in [0, 0.1) is 29.6 Å². The fourth-order valence-corrected chi connectivity index (χ4v) is 1.87. The molecule has 0 unspecified atom stereocenters. The first-order chi connectivity index (χ1) is 10.2. The molecule has 0 saturated heterocycles. The van der Waals surface area contributed by atoms with Gasteiger partial charge >= 0.3 is 0 Å². The molecule has 2 rings (SSSR count). The Morgan fingerprint density at radius 2 is 1.81 bits per heavy atom. The zero-order valence-corrected chi connectivity index (χ0v) is 11.8. The molecule has 6 heteroatoms. The minimum absolute atomic E-state index is 0.334. The number of aromatic nitrogens is 2. The molecule has 2 aromatic rings. The van der Waals surface area contributed by atoms with Gasteiger partial charge in [-0.2, -0.15) is 10.5 Å². The van der Waals surface area contributed by atoms with E-state index in [1.165, 1.54) is 6.33 Å². The van der Waals surface area contributed by atoms with Gasteiger partial charge in [-0.05, 0) is 32.0 Å². The van der Waals surface area contributed by atoms with E-state index in [4.69, 9.17) is 10.5 Å². The average molecular weight is 278 g/mol. The topological polar surface area (TPSA) is 97.4 Å². The van der Waals surface area contributed by atoms with Crippen molar-refractivity contribution in [2.45, 2.75) is 13.8 Å². The van der Waals surface area contributed by atoms with Crippen molar-refractivity contribution < 1.29 is 0 Å². The highest BCUT2D eigenvalue weighted by molar-refractivity contribution is 5.66. The number of nitrogens with one attached hydrogen (secondary N) is 2. The molecule has 0 spiro atoms. The number of anilines is 3. The van der Waals surface area contributed by atoms with E-state index in [9.17, 15) is 0 Å². The Bertz CT molecular complexity index is 739. The first-order valence-corrected chi connectivity index (χ1v) is 6.46. The van der Waals surface area contributed by atoms with Gasteiger partial charge < -0.3 is 10.6 Å². The zero-order chi connectivity index (χ0) is 15.2. The van der Waals surface area contributed by atoms with E-state index < -0.39 is 0 Å². The second kappa shape index (κ2) is 6.36. The van der Waals surface area contributed by atoms with Gasteiger partial charge in [0.1, 0.15) is 30.1 Å². The molecular formula is C15H14N6. The normalized spacial score (nSPS) is 9.52. The summed E-state index contributed by atoms with van der Waals surface area (Å²) in [6.07, 6.45) is 1.47. The van der Waals surface area contributed by atoms with Gasteiger partial charge in [-0.3, -0.25) is 0 Å². The molecular weight excluding hydrogens is 264 g/mol. The molecule has 0 radical (unpaired) electrons. The predicted molar refractivity (Wildman–Crippen MR) is 80.1 cm³/mol. The Labute approximate surface area is 123 Å². The van der Waals surface area contributed by atoms with Crippen LogP contribution in [-0.2, 0) is 0 Å². The Morgan fingerprint density at radius 1 is 1.10 bits per heavy atom. The van der Waals surface area contributed by atoms with Crippen molar-refractivity contribution in [3.63, 3.8) is 0 Å². The second-order valence-electron chi connectivity index (χ2n) is 4.34. The lowest BCUT2D eigenvalue weighted by Crippen LogP contribution is -2.05. The molecule has 1 aromatic heterocycles. The van der Waals surface area contributed by atoms with Crippen LogP contribution in [0.1, 0.15) is 23.6 Å². The van der Waals surface area contributed by atoms with Gasteiger partial charge in [0.25, 0.3) is 0 Å². The fourth-order valence-electron chi connectivity index (χ4n) is 1.87. The highest BCUT2D eigenvalue weighted by Gasteiger charge is 2.08. The minimum Gasteiger partial charge on any atom is -0.370 e. The molecule has 0 aliphatic heterocycles. The van der Waals surface area contributed by atoms with Gasteiger partial charge in [0.15, 0.2) is 0 Å². The number of rotatable bonds is 4. The lowest BCUT2D eigenvalue weighted by molar-refractivity contribution is 1.08. The van der Waals surface area contributed by atoms with Crippen LogP contribution in [0.2, 0.25) is 0 Å². The van der Waals surface area contributed by atoms with Gasteiger partial charge in [0, 0.05) is 17.8 Å². The summed E-state index contributed by atoms with van der Waals surface area (Å²) in [7, 11) is 0. The van der Waals surface area contributed by atoms with Crippen molar-refractivity contribution in [3.8, 4) is 12.1 Å². The Morgan fingerprint density at radius 3 is 2.48 bits per heavy atom. The molecule has 2 N–H and O–H groups in total. The smallest absolute Gasteiger partial charge is 0.138 e. The molecule has 1 aromatic carbocycles. The van der Waals surface area contributed by atoms with Gasteiger partial charge in [-0.25, -0.2) is 9.97 Å². The molecule has 1 heterocycles. The van der Waals surface area contributed by atoms with Gasteiger partial charge in [-0.1, -0.05) is 0 Å². The summed E-state index contributed by atoms with van der Waals surface area (Å²) in [6, 6.07) is 8.99. The maximum atomic E-state index is 9.04. The summed E-state index contributed by atoms with van der Waals surface area (Å²) < 4.78 is 0. The van der Waals surface area contributed by atoms with E-state index in [1.807, 2.05) is 26.0 Å². The SMILES string of the molecule is CCNc1ncnc(Nc2ccc(C#N)c(C#N)c2)c1C. The molecule has 0 saturated carbocycles. The maximum absolute atomic E-state index is 9.04. The summed E-state index contributed by atoms with van der Waals surface area (Å²) >= 11 is 0. The van der Waals surface area contributed by atoms with E-state index in [0.29, 0.717) is 22.6 Å². The third-order valence-corrected chi connectivity index (χ3v) is 2.95. The average Bonchev–Trinajstić information content (AvgIpc) is 2.51. The lowest BCUT2D eigenvalue weighted by Gasteiger charge is -2.12. The summed E-state index contributed by atoms with van der Waals surface area (Å²) in [5, 5.41) is 24.3. The standard InChI is InChI=1S/C15H14N6/c1-3-18-14-10(2)15(20-9-19-14)21-13-5-4-11(7-16)12(6-13)8-17/h4-6,9H,3H2,1-2H3,(H2,18,19,20,21). The molecule has 0 bridgehead atoms. The fraction of sp³-hybridized carbons (Fsp3) is 0.200. The molecule has 0 amide bonds. The van der Waals surface area contributed by atoms with Crippen LogP contribution in [0.25, 0.3) is 0 Å². The van der Waals surface area contributed by atoms with Crippen LogP contribution in [-0.4, -0.2) is 16.5 Å². The van der Waals surface area contributed by atoms with Crippen molar-refractivity contribution in [2.24, 2.45) is 0 Å². The first-order valence-electron chi connectivity index (χ1n) is 6.46. The van der Waals surface area contributed by atoms with Crippen molar-refractivity contribution in [1.82, 2.24) is 9.97 Å². The van der Waals surface area contributed by atoms with Crippen molar-refractivity contribution in [1.29, 1.82) is 10.5 Å². The zero-order valence-electron chi connectivity index (χ0n) is 11.8. The van der Waals surface area contributed by atoms with Crippen molar-refractivity contribution in [3.05, 3.63) is 41.2 Å². The molecule has 0 aliphatic carbocycles. The molecule has 21 heavy (non-hydrogen) atoms.